The van der Waals surface area contributed by atoms with Crippen molar-refractivity contribution in [2.24, 2.45) is 0 Å². The minimum atomic E-state index is -1.53. The van der Waals surface area contributed by atoms with E-state index in [2.05, 4.69) is 31.9 Å². The second-order valence-corrected chi connectivity index (χ2v) is 8.92. The van der Waals surface area contributed by atoms with E-state index in [1.807, 2.05) is 0 Å². The monoisotopic (exact) mass is 193 g/mol. The summed E-state index contributed by atoms with van der Waals surface area (Å²) in [6.07, 6.45) is 1.21. The van der Waals surface area contributed by atoms with Crippen molar-refractivity contribution in [2.75, 3.05) is 13.1 Å². The molecule has 1 atom stereocenters. The highest BCUT2D eigenvalue weighted by molar-refractivity contribution is 7.18. The van der Waals surface area contributed by atoms with Gasteiger partial charge in [-0.3, -0.25) is 0 Å². The van der Waals surface area contributed by atoms with E-state index in [0.717, 1.165) is 13.1 Å². The molecular formula is C8H20ClNSi. The van der Waals surface area contributed by atoms with Crippen molar-refractivity contribution in [3.05, 3.63) is 0 Å². The fourth-order valence-corrected chi connectivity index (χ4v) is 5.33. The van der Waals surface area contributed by atoms with Gasteiger partial charge in [0.25, 0.3) is 0 Å². The number of hydrogen-bond donors (Lipinski definition) is 0. The summed E-state index contributed by atoms with van der Waals surface area (Å²) in [6, 6.07) is 1.20. The predicted octanol–water partition coefficient (Wildman–Crippen LogP) is 3.05. The van der Waals surface area contributed by atoms with Crippen molar-refractivity contribution in [2.45, 2.75) is 39.8 Å². The lowest BCUT2D eigenvalue weighted by molar-refractivity contribution is 0.473. The van der Waals surface area contributed by atoms with Crippen LogP contribution in [0.2, 0.25) is 12.6 Å². The summed E-state index contributed by atoms with van der Waals surface area (Å²) in [6.45, 7) is 11.0. The quantitative estimate of drug-likeness (QED) is 0.479. The lowest BCUT2D eigenvalue weighted by Crippen LogP contribution is -2.46. The second kappa shape index (κ2) is 5.17. The van der Waals surface area contributed by atoms with E-state index in [9.17, 15) is 0 Å². The number of rotatable bonds is 5. The van der Waals surface area contributed by atoms with E-state index in [1.54, 1.807) is 0 Å². The summed E-state index contributed by atoms with van der Waals surface area (Å²) in [5.74, 6) is 0. The maximum absolute atomic E-state index is 6.47. The first-order valence-electron chi connectivity index (χ1n) is 4.52. The third-order valence-electron chi connectivity index (χ3n) is 2.13. The molecule has 0 heterocycles. The van der Waals surface area contributed by atoms with Gasteiger partial charge in [0.1, 0.15) is 0 Å². The normalized spacial score (nSPS) is 16.9. The molecule has 68 valence electrons. The van der Waals surface area contributed by atoms with Gasteiger partial charge in [-0.05, 0) is 25.7 Å². The second-order valence-electron chi connectivity index (χ2n) is 3.06. The van der Waals surface area contributed by atoms with Gasteiger partial charge in [-0.25, -0.2) is 0 Å². The molecule has 0 aromatic carbocycles. The van der Waals surface area contributed by atoms with Crippen LogP contribution in [0.25, 0.3) is 0 Å². The van der Waals surface area contributed by atoms with Gasteiger partial charge in [-0.2, -0.15) is 0 Å². The average Bonchev–Trinajstić information content (AvgIpc) is 1.89. The van der Waals surface area contributed by atoms with E-state index >= 15 is 0 Å². The van der Waals surface area contributed by atoms with E-state index in [0.29, 0.717) is 0 Å². The first-order chi connectivity index (χ1) is 5.08. The Bertz CT molecular complexity index is 102. The summed E-state index contributed by atoms with van der Waals surface area (Å²) in [7, 11) is -1.53. The van der Waals surface area contributed by atoms with E-state index < -0.39 is 7.55 Å². The highest BCUT2D eigenvalue weighted by Crippen LogP contribution is 2.21. The molecule has 0 radical (unpaired) electrons. The first kappa shape index (κ1) is 11.5. The van der Waals surface area contributed by atoms with E-state index in [-0.39, 0.29) is 0 Å². The summed E-state index contributed by atoms with van der Waals surface area (Å²) in [4.78, 5) is 0. The Kier molecular flexibility index (Phi) is 5.39. The summed E-state index contributed by atoms with van der Waals surface area (Å²) in [5.41, 5.74) is 0. The van der Waals surface area contributed by atoms with Gasteiger partial charge in [-0.15, -0.1) is 11.1 Å². The summed E-state index contributed by atoms with van der Waals surface area (Å²) < 4.78 is 2.43. The number of halogens is 1. The van der Waals surface area contributed by atoms with Gasteiger partial charge < -0.3 is 4.57 Å². The molecular weight excluding hydrogens is 174 g/mol. The Labute approximate surface area is 76.5 Å². The third-order valence-corrected chi connectivity index (χ3v) is 6.78. The van der Waals surface area contributed by atoms with Crippen LogP contribution in [0, 0.1) is 0 Å². The molecule has 0 aliphatic heterocycles. The molecule has 0 fully saturated rings. The van der Waals surface area contributed by atoms with Crippen molar-refractivity contribution >= 4 is 18.6 Å². The average molecular weight is 194 g/mol. The van der Waals surface area contributed by atoms with Crippen molar-refractivity contribution < 1.29 is 0 Å². The van der Waals surface area contributed by atoms with Crippen LogP contribution < -0.4 is 0 Å². The van der Waals surface area contributed by atoms with Gasteiger partial charge in [0.15, 0.2) is 0 Å². The fourth-order valence-electron chi connectivity index (χ4n) is 1.50. The van der Waals surface area contributed by atoms with Gasteiger partial charge in [0.05, 0.1) is 0 Å². The Morgan fingerprint density at radius 3 is 1.91 bits per heavy atom. The Morgan fingerprint density at radius 2 is 1.64 bits per heavy atom. The van der Waals surface area contributed by atoms with Crippen LogP contribution in [-0.4, -0.2) is 25.2 Å². The Morgan fingerprint density at radius 1 is 1.18 bits per heavy atom. The molecule has 0 saturated carbocycles. The van der Waals surface area contributed by atoms with E-state index in [4.69, 9.17) is 11.1 Å². The molecule has 0 amide bonds. The van der Waals surface area contributed by atoms with Crippen LogP contribution >= 0.6 is 11.1 Å². The molecule has 0 aliphatic carbocycles. The highest BCUT2D eigenvalue weighted by atomic mass is 35.6. The van der Waals surface area contributed by atoms with Crippen molar-refractivity contribution in [1.29, 1.82) is 0 Å². The highest BCUT2D eigenvalue weighted by Gasteiger charge is 2.29. The molecule has 0 N–H and O–H groups in total. The molecule has 1 unspecified atom stereocenters. The van der Waals surface area contributed by atoms with Gasteiger partial charge in [-0.1, -0.05) is 27.2 Å². The third kappa shape index (κ3) is 3.59. The maximum atomic E-state index is 6.47. The van der Waals surface area contributed by atoms with Crippen molar-refractivity contribution in [1.82, 2.24) is 4.57 Å². The van der Waals surface area contributed by atoms with Crippen LogP contribution in [0.5, 0.6) is 0 Å². The summed E-state index contributed by atoms with van der Waals surface area (Å²) >= 11 is 6.47. The Balaban J connectivity index is 4.00. The van der Waals surface area contributed by atoms with Crippen molar-refractivity contribution in [3.63, 3.8) is 0 Å². The fraction of sp³-hybridized carbons (Fsp3) is 1.00. The summed E-state index contributed by atoms with van der Waals surface area (Å²) in [5, 5.41) is 0. The lowest BCUT2D eigenvalue weighted by atomic mass is 10.6. The van der Waals surface area contributed by atoms with Gasteiger partial charge in [0, 0.05) is 0 Å². The molecule has 11 heavy (non-hydrogen) atoms. The Hall–Kier alpha value is 0.467. The maximum Gasteiger partial charge on any atom is 0.226 e. The minimum Gasteiger partial charge on any atom is -0.312 e. The zero-order valence-corrected chi connectivity index (χ0v) is 9.91. The molecule has 0 saturated heterocycles. The van der Waals surface area contributed by atoms with Crippen molar-refractivity contribution in [3.8, 4) is 0 Å². The SMILES string of the molecule is CCC[Si](C)(Cl)N(CC)CC. The molecule has 0 aliphatic rings. The molecule has 0 bridgehead atoms. The lowest BCUT2D eigenvalue weighted by Gasteiger charge is -2.32. The standard InChI is InChI=1S/C8H20ClNSi/c1-5-8-11(4,9)10(6-2)7-3/h5-8H2,1-4H3. The minimum absolute atomic E-state index is 1.10. The smallest absolute Gasteiger partial charge is 0.226 e. The van der Waals surface area contributed by atoms with Crippen LogP contribution in [0.15, 0.2) is 0 Å². The topological polar surface area (TPSA) is 3.24 Å². The zero-order chi connectivity index (χ0) is 8.91. The predicted molar refractivity (Wildman–Crippen MR) is 55.5 cm³/mol. The van der Waals surface area contributed by atoms with Crippen LogP contribution in [0.3, 0.4) is 0 Å². The largest absolute Gasteiger partial charge is 0.312 e. The molecule has 0 aromatic rings. The molecule has 3 heteroatoms. The van der Waals surface area contributed by atoms with E-state index in [1.165, 1.54) is 12.5 Å². The molecule has 0 spiro atoms. The molecule has 0 aromatic heterocycles. The van der Waals surface area contributed by atoms with Crippen LogP contribution in [0.4, 0.5) is 0 Å². The number of hydrogen-bond acceptors (Lipinski definition) is 1. The molecule has 1 nitrogen and oxygen atoms in total. The zero-order valence-electron chi connectivity index (χ0n) is 8.15. The van der Waals surface area contributed by atoms with Gasteiger partial charge in [0.2, 0.25) is 7.55 Å². The van der Waals surface area contributed by atoms with Crippen LogP contribution in [-0.2, 0) is 0 Å². The number of nitrogens with zero attached hydrogens (tertiary/aromatic N) is 1. The van der Waals surface area contributed by atoms with Crippen LogP contribution in [0.1, 0.15) is 27.2 Å². The van der Waals surface area contributed by atoms with Gasteiger partial charge >= 0.3 is 0 Å². The molecule has 0 rings (SSSR count). The first-order valence-corrected chi connectivity index (χ1v) is 8.19.